The molecule has 1 unspecified atom stereocenters. The van der Waals surface area contributed by atoms with E-state index >= 15 is 0 Å². The smallest absolute Gasteiger partial charge is 0.295 e. The zero-order valence-electron chi connectivity index (χ0n) is 18.0. The minimum atomic E-state index is -0.617. The lowest BCUT2D eigenvalue weighted by Crippen LogP contribution is -2.30. The Kier molecular flexibility index (Phi) is 6.93. The predicted octanol–water partition coefficient (Wildman–Crippen LogP) is 4.75. The number of amides is 1. The molecule has 1 fully saturated rings. The van der Waals surface area contributed by atoms with Crippen molar-refractivity contribution in [1.29, 1.82) is 0 Å². The molecule has 30 heavy (non-hydrogen) atoms. The minimum absolute atomic E-state index is 0.119. The fourth-order valence-electron chi connectivity index (χ4n) is 3.87. The van der Waals surface area contributed by atoms with Gasteiger partial charge in [0, 0.05) is 31.9 Å². The molecule has 2 aromatic carbocycles. The number of rotatable bonds is 8. The van der Waals surface area contributed by atoms with Gasteiger partial charge in [-0.2, -0.15) is 0 Å². The molecule has 5 heteroatoms. The van der Waals surface area contributed by atoms with Gasteiger partial charge in [-0.05, 0) is 24.1 Å². The third-order valence-corrected chi connectivity index (χ3v) is 5.56. The molecule has 1 heterocycles. The Labute approximate surface area is 178 Å². The van der Waals surface area contributed by atoms with Crippen LogP contribution < -0.4 is 4.90 Å². The molecule has 1 saturated heterocycles. The first-order valence-corrected chi connectivity index (χ1v) is 10.6. The van der Waals surface area contributed by atoms with Crippen molar-refractivity contribution < 1.29 is 14.7 Å². The summed E-state index contributed by atoms with van der Waals surface area (Å²) in [5, 5.41) is 11.0. The molecule has 5 nitrogen and oxygen atoms in total. The van der Waals surface area contributed by atoms with E-state index in [0.29, 0.717) is 12.1 Å². The Bertz CT molecular complexity index is 917. The molecule has 1 aliphatic heterocycles. The quantitative estimate of drug-likeness (QED) is 0.297. The minimum Gasteiger partial charge on any atom is -0.507 e. The lowest BCUT2D eigenvalue weighted by molar-refractivity contribution is -0.139. The maximum absolute atomic E-state index is 13.0. The van der Waals surface area contributed by atoms with E-state index in [2.05, 4.69) is 6.92 Å². The Morgan fingerprint density at radius 3 is 2.23 bits per heavy atom. The molecule has 1 N–H and O–H groups in total. The molecule has 1 aliphatic rings. The molecule has 1 amide bonds. The highest BCUT2D eigenvalue weighted by Gasteiger charge is 2.45. The molecule has 0 radical (unpaired) electrons. The number of anilines is 1. The van der Waals surface area contributed by atoms with Gasteiger partial charge in [0.25, 0.3) is 11.7 Å². The highest BCUT2D eigenvalue weighted by molar-refractivity contribution is 6.46. The molecule has 0 saturated carbocycles. The molecule has 2 aromatic rings. The van der Waals surface area contributed by atoms with Crippen LogP contribution in [0.4, 0.5) is 5.69 Å². The van der Waals surface area contributed by atoms with Gasteiger partial charge in [0.2, 0.25) is 0 Å². The van der Waals surface area contributed by atoms with E-state index in [-0.39, 0.29) is 11.3 Å². The summed E-state index contributed by atoms with van der Waals surface area (Å²) in [7, 11) is 3.93. The van der Waals surface area contributed by atoms with Crippen molar-refractivity contribution >= 4 is 23.1 Å². The largest absolute Gasteiger partial charge is 0.507 e. The topological polar surface area (TPSA) is 60.9 Å². The van der Waals surface area contributed by atoms with Gasteiger partial charge < -0.3 is 14.9 Å². The van der Waals surface area contributed by atoms with Crippen molar-refractivity contribution in [3.63, 3.8) is 0 Å². The molecule has 1 atom stereocenters. The van der Waals surface area contributed by atoms with Crippen LogP contribution in [0.3, 0.4) is 0 Å². The van der Waals surface area contributed by atoms with Crippen LogP contribution in [0, 0.1) is 0 Å². The molecule has 0 spiro atoms. The van der Waals surface area contributed by atoms with Crippen molar-refractivity contribution in [3.8, 4) is 0 Å². The first kappa shape index (κ1) is 21.6. The van der Waals surface area contributed by atoms with Crippen LogP contribution in [-0.2, 0) is 9.59 Å². The third kappa shape index (κ3) is 4.40. The summed E-state index contributed by atoms with van der Waals surface area (Å²) in [6, 6.07) is 16.2. The van der Waals surface area contributed by atoms with E-state index in [1.807, 2.05) is 49.3 Å². The Morgan fingerprint density at radius 1 is 0.967 bits per heavy atom. The van der Waals surface area contributed by atoms with Gasteiger partial charge in [0.15, 0.2) is 0 Å². The van der Waals surface area contributed by atoms with E-state index in [0.717, 1.165) is 36.9 Å². The van der Waals surface area contributed by atoms with Crippen molar-refractivity contribution in [1.82, 2.24) is 4.90 Å². The van der Waals surface area contributed by atoms with Gasteiger partial charge in [-0.3, -0.25) is 9.59 Å². The summed E-state index contributed by atoms with van der Waals surface area (Å²) in [5.74, 6) is -1.27. The molecular weight excluding hydrogens is 376 g/mol. The van der Waals surface area contributed by atoms with Gasteiger partial charge >= 0.3 is 0 Å². The molecule has 0 aromatic heterocycles. The molecule has 158 valence electrons. The van der Waals surface area contributed by atoms with Crippen LogP contribution in [0.1, 0.15) is 49.8 Å². The highest BCUT2D eigenvalue weighted by atomic mass is 16.3. The fraction of sp³-hybridized carbons (Fsp3) is 0.360. The van der Waals surface area contributed by atoms with E-state index in [9.17, 15) is 14.7 Å². The number of aliphatic hydroxyl groups excluding tert-OH is 1. The van der Waals surface area contributed by atoms with Crippen LogP contribution in [-0.4, -0.2) is 42.3 Å². The number of likely N-dealkylation sites (tertiary alicyclic amines) is 1. The number of Topliss-reactive ketones (excluding diaryl/α,β-unsaturated/α-hetero) is 1. The zero-order valence-corrected chi connectivity index (χ0v) is 18.0. The summed E-state index contributed by atoms with van der Waals surface area (Å²) in [6.45, 7) is 2.63. The van der Waals surface area contributed by atoms with Gasteiger partial charge in [-0.1, -0.05) is 68.7 Å². The standard InChI is InChI=1S/C25H30N2O3/c1-4-5-6-10-17-27-22(18-13-15-20(16-14-18)26(2)3)21(24(29)25(27)30)23(28)19-11-8-7-9-12-19/h7-9,11-16,22,28H,4-6,10,17H2,1-3H3. The van der Waals surface area contributed by atoms with Crippen molar-refractivity contribution in [3.05, 3.63) is 71.3 Å². The second kappa shape index (κ2) is 9.61. The maximum Gasteiger partial charge on any atom is 0.295 e. The van der Waals surface area contributed by atoms with E-state index in [1.54, 1.807) is 29.2 Å². The maximum atomic E-state index is 13.0. The average Bonchev–Trinajstić information content (AvgIpc) is 3.01. The normalized spacial score (nSPS) is 18.1. The first-order chi connectivity index (χ1) is 14.5. The van der Waals surface area contributed by atoms with E-state index in [4.69, 9.17) is 0 Å². The number of nitrogens with zero attached hydrogens (tertiary/aromatic N) is 2. The summed E-state index contributed by atoms with van der Waals surface area (Å²) in [5.41, 5.74) is 2.56. The summed E-state index contributed by atoms with van der Waals surface area (Å²) >= 11 is 0. The van der Waals surface area contributed by atoms with Gasteiger partial charge in [0.1, 0.15) is 5.76 Å². The van der Waals surface area contributed by atoms with Gasteiger partial charge in [-0.25, -0.2) is 0 Å². The van der Waals surface area contributed by atoms with Crippen LogP contribution in [0.2, 0.25) is 0 Å². The lowest BCUT2D eigenvalue weighted by Gasteiger charge is -2.26. The number of unbranched alkanes of at least 4 members (excludes halogenated alkanes) is 3. The summed E-state index contributed by atoms with van der Waals surface area (Å²) < 4.78 is 0. The van der Waals surface area contributed by atoms with Gasteiger partial charge in [0.05, 0.1) is 11.6 Å². The second-order valence-electron chi connectivity index (χ2n) is 7.91. The molecular formula is C25H30N2O3. The van der Waals surface area contributed by atoms with Crippen molar-refractivity contribution in [2.45, 2.75) is 38.6 Å². The van der Waals surface area contributed by atoms with Crippen molar-refractivity contribution in [2.24, 2.45) is 0 Å². The SMILES string of the molecule is CCCCCCN1C(=O)C(=O)C(=C(O)c2ccccc2)C1c1ccc(N(C)C)cc1. The fourth-order valence-corrected chi connectivity index (χ4v) is 3.87. The summed E-state index contributed by atoms with van der Waals surface area (Å²) in [6.07, 6.45) is 4.03. The van der Waals surface area contributed by atoms with Crippen molar-refractivity contribution in [2.75, 3.05) is 25.5 Å². The zero-order chi connectivity index (χ0) is 21.7. The monoisotopic (exact) mass is 406 g/mol. The summed E-state index contributed by atoms with van der Waals surface area (Å²) in [4.78, 5) is 29.5. The number of carbonyl (C=O) groups is 2. The van der Waals surface area contributed by atoms with E-state index < -0.39 is 17.7 Å². The Morgan fingerprint density at radius 2 is 1.63 bits per heavy atom. The number of carbonyl (C=O) groups excluding carboxylic acids is 2. The van der Waals surface area contributed by atoms with E-state index in [1.165, 1.54) is 0 Å². The number of aliphatic hydroxyl groups is 1. The number of ketones is 1. The predicted molar refractivity (Wildman–Crippen MR) is 120 cm³/mol. The van der Waals surface area contributed by atoms with Gasteiger partial charge in [-0.15, -0.1) is 0 Å². The number of benzene rings is 2. The number of hydrogen-bond acceptors (Lipinski definition) is 4. The lowest BCUT2D eigenvalue weighted by atomic mass is 9.95. The third-order valence-electron chi connectivity index (χ3n) is 5.56. The highest BCUT2D eigenvalue weighted by Crippen LogP contribution is 2.39. The Balaban J connectivity index is 2.05. The Hall–Kier alpha value is -3.08. The van der Waals surface area contributed by atoms with Crippen LogP contribution >= 0.6 is 0 Å². The van der Waals surface area contributed by atoms with Crippen LogP contribution in [0.15, 0.2) is 60.2 Å². The number of hydrogen-bond donors (Lipinski definition) is 1. The second-order valence-corrected chi connectivity index (χ2v) is 7.91. The average molecular weight is 407 g/mol. The molecule has 0 bridgehead atoms. The molecule has 3 rings (SSSR count). The van der Waals surface area contributed by atoms with Crippen LogP contribution in [0.5, 0.6) is 0 Å². The van der Waals surface area contributed by atoms with Crippen LogP contribution in [0.25, 0.3) is 5.76 Å². The first-order valence-electron chi connectivity index (χ1n) is 10.6. The molecule has 0 aliphatic carbocycles.